The third-order valence-electron chi connectivity index (χ3n) is 3.47. The van der Waals surface area contributed by atoms with E-state index in [0.29, 0.717) is 18.4 Å². The van der Waals surface area contributed by atoms with Gasteiger partial charge in [0.1, 0.15) is 19.5 Å². The Hall–Kier alpha value is -1.78. The summed E-state index contributed by atoms with van der Waals surface area (Å²) in [7, 11) is 0. The smallest absolute Gasteiger partial charge is 0.241 e. The normalized spacial score (nSPS) is 10.1. The molecule has 4 aromatic heterocycles. The molecule has 0 aliphatic carbocycles. The number of halogens is 4. The number of carbonyl (C=O) groups excluding carboxylic acids is 4. The van der Waals surface area contributed by atoms with Gasteiger partial charge in [-0.2, -0.15) is 0 Å². The molecule has 188 valence electrons. The van der Waals surface area contributed by atoms with Gasteiger partial charge in [-0.1, -0.05) is 23.2 Å². The Kier molecular flexibility index (Phi) is 10.9. The van der Waals surface area contributed by atoms with Crippen LogP contribution in [-0.4, -0.2) is 23.9 Å². The summed E-state index contributed by atoms with van der Waals surface area (Å²) >= 11 is 22.2. The minimum absolute atomic E-state index is 0.247. The van der Waals surface area contributed by atoms with Crippen LogP contribution < -0.4 is 0 Å². The summed E-state index contributed by atoms with van der Waals surface area (Å²) in [5.41, 5.74) is 0. The van der Waals surface area contributed by atoms with Crippen LogP contribution in [0.3, 0.4) is 0 Å². The lowest BCUT2D eigenvalue weighted by molar-refractivity contribution is -0.187. The summed E-state index contributed by atoms with van der Waals surface area (Å²) in [6, 6.07) is 9.22. The van der Waals surface area contributed by atoms with Crippen molar-refractivity contribution >= 4 is 124 Å². The number of carbonyl (C=O) groups is 4. The Balaban J connectivity index is 0.000000201. The Labute approximate surface area is 245 Å². The molecular weight excluding hydrogens is 727 g/mol. The van der Waals surface area contributed by atoms with E-state index in [2.05, 4.69) is 51.4 Å². The second-order valence-corrected chi connectivity index (χ2v) is 13.0. The Morgan fingerprint density at radius 3 is 1.17 bits per heavy atom. The van der Waals surface area contributed by atoms with Crippen LogP contribution >= 0.6 is 100 Å². The number of rotatable bonds is 4. The van der Waals surface area contributed by atoms with Gasteiger partial charge in [-0.3, -0.25) is 0 Å². The lowest BCUT2D eigenvalue weighted by Gasteiger charge is -1.99. The van der Waals surface area contributed by atoms with Crippen LogP contribution in [0.2, 0.25) is 8.67 Å². The standard InChI is InChI=1S/C10H4Br2O4S2.C10H4Cl2O4S2/c11-5-1-7(17-3-5)9(13)15-16-10(14)8-2-6(12)4-18-8;11-7-3-1-5(17-7)9(13)15-16-10(14)6-2-4-8(12)18-6/h2*1-4H. The first-order valence-electron chi connectivity index (χ1n) is 8.97. The third-order valence-corrected chi connectivity index (χ3v) is 9.24. The van der Waals surface area contributed by atoms with E-state index < -0.39 is 23.9 Å². The van der Waals surface area contributed by atoms with Crippen LogP contribution in [0.15, 0.2) is 56.1 Å². The van der Waals surface area contributed by atoms with Gasteiger partial charge in [-0.25, -0.2) is 38.7 Å². The van der Waals surface area contributed by atoms with E-state index in [-0.39, 0.29) is 9.75 Å². The molecule has 0 spiro atoms. The van der Waals surface area contributed by atoms with Crippen molar-refractivity contribution < 1.29 is 38.7 Å². The van der Waals surface area contributed by atoms with Gasteiger partial charge in [0.15, 0.2) is 0 Å². The van der Waals surface area contributed by atoms with Gasteiger partial charge in [0, 0.05) is 19.7 Å². The highest BCUT2D eigenvalue weighted by Crippen LogP contribution is 2.25. The molecule has 0 atom stereocenters. The average Bonchev–Trinajstić information content (AvgIpc) is 3.65. The molecule has 4 rings (SSSR count). The summed E-state index contributed by atoms with van der Waals surface area (Å²) in [5.74, 6) is -2.95. The molecule has 4 heterocycles. The van der Waals surface area contributed by atoms with Gasteiger partial charge in [-0.05, 0) is 68.3 Å². The lowest BCUT2D eigenvalue weighted by atomic mass is 10.5. The quantitative estimate of drug-likeness (QED) is 0.152. The van der Waals surface area contributed by atoms with E-state index in [0.717, 1.165) is 31.6 Å². The predicted molar refractivity (Wildman–Crippen MR) is 144 cm³/mol. The Morgan fingerprint density at radius 1 is 0.583 bits per heavy atom. The molecule has 0 saturated heterocycles. The van der Waals surface area contributed by atoms with Crippen molar-refractivity contribution in [2.75, 3.05) is 0 Å². The second kappa shape index (κ2) is 13.7. The fourth-order valence-corrected chi connectivity index (χ4v) is 6.42. The summed E-state index contributed by atoms with van der Waals surface area (Å²) in [6.07, 6.45) is 0. The van der Waals surface area contributed by atoms with Crippen molar-refractivity contribution in [1.82, 2.24) is 0 Å². The van der Waals surface area contributed by atoms with Crippen LogP contribution in [0.5, 0.6) is 0 Å². The van der Waals surface area contributed by atoms with Gasteiger partial charge in [-0.15, -0.1) is 45.3 Å². The van der Waals surface area contributed by atoms with Crippen LogP contribution in [-0.2, 0) is 19.6 Å². The zero-order valence-corrected chi connectivity index (χ0v) is 25.0. The largest absolute Gasteiger partial charge is 0.396 e. The molecular formula is C20H8Br2Cl2O8S4. The highest BCUT2D eigenvalue weighted by molar-refractivity contribution is 9.10. The van der Waals surface area contributed by atoms with Crippen molar-refractivity contribution in [3.63, 3.8) is 0 Å². The summed E-state index contributed by atoms with van der Waals surface area (Å²) in [5, 5.41) is 3.46. The molecule has 0 unspecified atom stereocenters. The zero-order valence-electron chi connectivity index (χ0n) is 17.0. The van der Waals surface area contributed by atoms with Crippen molar-refractivity contribution in [2.24, 2.45) is 0 Å². The highest BCUT2D eigenvalue weighted by atomic mass is 79.9. The molecule has 0 aliphatic heterocycles. The van der Waals surface area contributed by atoms with Gasteiger partial charge >= 0.3 is 23.9 Å². The van der Waals surface area contributed by atoms with E-state index in [1.165, 1.54) is 34.8 Å². The SMILES string of the molecule is O=C(OOC(=O)c1cc(Br)cs1)c1cc(Br)cs1.O=C(OOC(=O)c1ccc(Cl)s1)c1ccc(Cl)s1. The summed E-state index contributed by atoms with van der Waals surface area (Å²) < 4.78 is 2.43. The first-order chi connectivity index (χ1) is 17.1. The Morgan fingerprint density at radius 2 is 0.917 bits per heavy atom. The molecule has 16 heteroatoms. The fourth-order valence-electron chi connectivity index (χ4n) is 2.00. The molecule has 0 aliphatic rings. The maximum Gasteiger partial charge on any atom is 0.396 e. The van der Waals surface area contributed by atoms with Crippen LogP contribution in [0.4, 0.5) is 0 Å². The van der Waals surface area contributed by atoms with Gasteiger partial charge in [0.2, 0.25) is 0 Å². The third kappa shape index (κ3) is 8.66. The summed E-state index contributed by atoms with van der Waals surface area (Å²) in [4.78, 5) is 64.7. The zero-order chi connectivity index (χ0) is 26.2. The molecule has 0 radical (unpaired) electrons. The average molecular weight is 735 g/mol. The minimum atomic E-state index is -0.775. The molecule has 0 aromatic carbocycles. The highest BCUT2D eigenvalue weighted by Gasteiger charge is 2.18. The van der Waals surface area contributed by atoms with E-state index in [4.69, 9.17) is 23.2 Å². The molecule has 0 fully saturated rings. The van der Waals surface area contributed by atoms with Gasteiger partial charge < -0.3 is 0 Å². The van der Waals surface area contributed by atoms with E-state index in [1.807, 2.05) is 0 Å². The Bertz CT molecular complexity index is 1180. The predicted octanol–water partition coefficient (Wildman–Crippen LogP) is 8.31. The first kappa shape index (κ1) is 28.8. The van der Waals surface area contributed by atoms with Crippen molar-refractivity contribution in [1.29, 1.82) is 0 Å². The topological polar surface area (TPSA) is 105 Å². The summed E-state index contributed by atoms with van der Waals surface area (Å²) in [6.45, 7) is 0. The van der Waals surface area contributed by atoms with Crippen molar-refractivity contribution in [3.8, 4) is 0 Å². The molecule has 4 aromatic rings. The molecule has 0 amide bonds. The maximum absolute atomic E-state index is 11.5. The van der Waals surface area contributed by atoms with E-state index in [1.54, 1.807) is 35.0 Å². The first-order valence-corrected chi connectivity index (χ1v) is 14.7. The van der Waals surface area contributed by atoms with Crippen LogP contribution in [0.25, 0.3) is 0 Å². The molecule has 0 bridgehead atoms. The van der Waals surface area contributed by atoms with E-state index >= 15 is 0 Å². The maximum atomic E-state index is 11.5. The van der Waals surface area contributed by atoms with E-state index in [9.17, 15) is 19.2 Å². The van der Waals surface area contributed by atoms with Crippen LogP contribution in [0.1, 0.15) is 38.7 Å². The number of hydrogen-bond acceptors (Lipinski definition) is 12. The number of thiophene rings is 4. The van der Waals surface area contributed by atoms with Crippen LogP contribution in [0, 0.1) is 0 Å². The molecule has 8 nitrogen and oxygen atoms in total. The van der Waals surface area contributed by atoms with Gasteiger partial charge in [0.25, 0.3) is 0 Å². The van der Waals surface area contributed by atoms with Crippen molar-refractivity contribution in [3.05, 3.63) is 84.3 Å². The lowest BCUT2D eigenvalue weighted by Crippen LogP contribution is -2.09. The second-order valence-electron chi connectivity index (χ2n) is 5.95. The molecule has 36 heavy (non-hydrogen) atoms. The van der Waals surface area contributed by atoms with Gasteiger partial charge in [0.05, 0.1) is 8.67 Å². The fraction of sp³-hybridized carbons (Fsp3) is 0. The van der Waals surface area contributed by atoms with Crippen molar-refractivity contribution in [2.45, 2.75) is 0 Å². The molecule has 0 N–H and O–H groups in total. The molecule has 0 saturated carbocycles. The monoisotopic (exact) mass is 732 g/mol. The minimum Gasteiger partial charge on any atom is -0.241 e. The number of hydrogen-bond donors (Lipinski definition) is 0.